The number of imidazole rings is 1. The van der Waals surface area contributed by atoms with E-state index in [4.69, 9.17) is 4.74 Å². The highest BCUT2D eigenvalue weighted by molar-refractivity contribution is 5.95. The summed E-state index contributed by atoms with van der Waals surface area (Å²) >= 11 is 0. The van der Waals surface area contributed by atoms with E-state index in [1.165, 1.54) is 0 Å². The van der Waals surface area contributed by atoms with Crippen molar-refractivity contribution in [1.29, 1.82) is 0 Å². The van der Waals surface area contributed by atoms with Gasteiger partial charge in [0.05, 0.1) is 12.0 Å². The minimum Gasteiger partial charge on any atom is -0.482 e. The second-order valence-electron chi connectivity index (χ2n) is 5.21. The van der Waals surface area contributed by atoms with Gasteiger partial charge >= 0.3 is 0 Å². The molecule has 0 fully saturated rings. The summed E-state index contributed by atoms with van der Waals surface area (Å²) in [6.45, 7) is 3.82. The monoisotopic (exact) mass is 286 g/mol. The molecule has 2 heterocycles. The molecule has 3 rings (SSSR count). The van der Waals surface area contributed by atoms with Crippen molar-refractivity contribution in [2.75, 3.05) is 11.9 Å². The summed E-state index contributed by atoms with van der Waals surface area (Å²) in [6, 6.07) is 6.17. The zero-order valence-electron chi connectivity index (χ0n) is 11.9. The van der Waals surface area contributed by atoms with Crippen molar-refractivity contribution in [1.82, 2.24) is 14.9 Å². The molecule has 6 heteroatoms. The van der Waals surface area contributed by atoms with Gasteiger partial charge < -0.3 is 19.9 Å². The maximum absolute atomic E-state index is 11.3. The number of amides is 1. The molecule has 0 spiro atoms. The molecule has 1 aliphatic heterocycles. The second-order valence-corrected chi connectivity index (χ2v) is 5.21. The molecular formula is C15H18N4O2. The smallest absolute Gasteiger partial charge is 0.262 e. The standard InChI is InChI=1S/C15H18N4O2/c1-11(8-19-5-4-16-10-19)17-7-12-2-3-14-13(6-12)18-15(20)9-21-14/h2-6,10-11,17H,7-9H2,1H3,(H,18,20). The van der Waals surface area contributed by atoms with Gasteiger partial charge in [0.25, 0.3) is 5.91 Å². The number of hydrogen-bond donors (Lipinski definition) is 2. The third-order valence-corrected chi connectivity index (χ3v) is 3.38. The summed E-state index contributed by atoms with van der Waals surface area (Å²) in [6.07, 6.45) is 5.53. The van der Waals surface area contributed by atoms with Gasteiger partial charge in [-0.15, -0.1) is 0 Å². The lowest BCUT2D eigenvalue weighted by Crippen LogP contribution is -2.30. The van der Waals surface area contributed by atoms with Crippen LogP contribution < -0.4 is 15.4 Å². The van der Waals surface area contributed by atoms with E-state index in [0.29, 0.717) is 6.04 Å². The predicted octanol–water partition coefficient (Wildman–Crippen LogP) is 1.39. The molecule has 1 aromatic heterocycles. The molecule has 2 aromatic rings. The van der Waals surface area contributed by atoms with Crippen LogP contribution in [0, 0.1) is 0 Å². The largest absolute Gasteiger partial charge is 0.482 e. The number of aromatic nitrogens is 2. The third kappa shape index (κ3) is 3.41. The Morgan fingerprint density at radius 3 is 3.24 bits per heavy atom. The normalized spacial score (nSPS) is 15.0. The van der Waals surface area contributed by atoms with Gasteiger partial charge in [-0.25, -0.2) is 4.98 Å². The van der Waals surface area contributed by atoms with Crippen LogP contribution in [0.4, 0.5) is 5.69 Å². The van der Waals surface area contributed by atoms with E-state index in [2.05, 4.69) is 22.5 Å². The molecule has 1 atom stereocenters. The quantitative estimate of drug-likeness (QED) is 0.871. The molecule has 0 bridgehead atoms. The molecule has 6 nitrogen and oxygen atoms in total. The van der Waals surface area contributed by atoms with Crippen molar-refractivity contribution in [3.63, 3.8) is 0 Å². The van der Waals surface area contributed by atoms with Crippen LogP contribution in [0.1, 0.15) is 12.5 Å². The van der Waals surface area contributed by atoms with Crippen molar-refractivity contribution in [2.45, 2.75) is 26.1 Å². The fourth-order valence-electron chi connectivity index (χ4n) is 2.31. The molecule has 2 N–H and O–H groups in total. The summed E-state index contributed by atoms with van der Waals surface area (Å²) in [5.41, 5.74) is 1.85. The first-order valence-electron chi connectivity index (χ1n) is 6.95. The number of benzene rings is 1. The Kier molecular flexibility index (Phi) is 3.87. The van der Waals surface area contributed by atoms with Gasteiger partial charge in [0, 0.05) is 31.5 Å². The Labute approximate surface area is 123 Å². The van der Waals surface area contributed by atoms with E-state index in [9.17, 15) is 4.79 Å². The molecule has 1 aliphatic rings. The van der Waals surface area contributed by atoms with Gasteiger partial charge in [0.2, 0.25) is 0 Å². The Bertz CT molecular complexity index is 625. The van der Waals surface area contributed by atoms with E-state index in [-0.39, 0.29) is 12.5 Å². The number of rotatable bonds is 5. The summed E-state index contributed by atoms with van der Waals surface area (Å²) in [5.74, 6) is 0.617. The number of carbonyl (C=O) groups is 1. The predicted molar refractivity (Wildman–Crippen MR) is 79.1 cm³/mol. The lowest BCUT2D eigenvalue weighted by molar-refractivity contribution is -0.118. The van der Waals surface area contributed by atoms with Crippen molar-refractivity contribution in [2.24, 2.45) is 0 Å². The highest BCUT2D eigenvalue weighted by Crippen LogP contribution is 2.28. The lowest BCUT2D eigenvalue weighted by atomic mass is 10.1. The summed E-state index contributed by atoms with van der Waals surface area (Å²) in [4.78, 5) is 15.4. The lowest BCUT2D eigenvalue weighted by Gasteiger charge is -2.19. The van der Waals surface area contributed by atoms with Crippen LogP contribution in [0.5, 0.6) is 5.75 Å². The van der Waals surface area contributed by atoms with E-state index < -0.39 is 0 Å². The topological polar surface area (TPSA) is 68.2 Å². The number of hydrogen-bond acceptors (Lipinski definition) is 4. The number of anilines is 1. The third-order valence-electron chi connectivity index (χ3n) is 3.38. The molecule has 110 valence electrons. The Morgan fingerprint density at radius 1 is 1.52 bits per heavy atom. The van der Waals surface area contributed by atoms with Crippen molar-refractivity contribution >= 4 is 11.6 Å². The Balaban J connectivity index is 1.58. The molecule has 1 unspecified atom stereocenters. The van der Waals surface area contributed by atoms with Crippen LogP contribution in [0.15, 0.2) is 36.9 Å². The number of nitrogens with zero attached hydrogens (tertiary/aromatic N) is 2. The fourth-order valence-corrected chi connectivity index (χ4v) is 2.31. The van der Waals surface area contributed by atoms with Gasteiger partial charge in [0.15, 0.2) is 6.61 Å². The highest BCUT2D eigenvalue weighted by Gasteiger charge is 2.15. The number of carbonyl (C=O) groups excluding carboxylic acids is 1. The van der Waals surface area contributed by atoms with Gasteiger partial charge in [-0.2, -0.15) is 0 Å². The summed E-state index contributed by atoms with van der Waals surface area (Å²) < 4.78 is 7.38. The summed E-state index contributed by atoms with van der Waals surface area (Å²) in [7, 11) is 0. The van der Waals surface area contributed by atoms with E-state index >= 15 is 0 Å². The van der Waals surface area contributed by atoms with Gasteiger partial charge in [-0.05, 0) is 24.6 Å². The molecule has 21 heavy (non-hydrogen) atoms. The van der Waals surface area contributed by atoms with Crippen LogP contribution >= 0.6 is 0 Å². The summed E-state index contributed by atoms with van der Waals surface area (Å²) in [5, 5.41) is 6.27. The van der Waals surface area contributed by atoms with Crippen molar-refractivity contribution in [3.8, 4) is 5.75 Å². The number of nitrogens with one attached hydrogen (secondary N) is 2. The maximum atomic E-state index is 11.3. The van der Waals surface area contributed by atoms with Crippen LogP contribution in [0.25, 0.3) is 0 Å². The number of ether oxygens (including phenoxy) is 1. The van der Waals surface area contributed by atoms with Gasteiger partial charge in [-0.1, -0.05) is 6.07 Å². The van der Waals surface area contributed by atoms with Gasteiger partial charge in [-0.3, -0.25) is 4.79 Å². The van der Waals surface area contributed by atoms with Crippen LogP contribution in [0.3, 0.4) is 0 Å². The number of fused-ring (bicyclic) bond motifs is 1. The van der Waals surface area contributed by atoms with E-state index in [1.54, 1.807) is 6.20 Å². The molecule has 0 radical (unpaired) electrons. The minimum absolute atomic E-state index is 0.0898. The zero-order chi connectivity index (χ0) is 14.7. The minimum atomic E-state index is -0.110. The van der Waals surface area contributed by atoms with Crippen LogP contribution in [-0.4, -0.2) is 28.1 Å². The average Bonchev–Trinajstić information content (AvgIpc) is 2.97. The first-order valence-corrected chi connectivity index (χ1v) is 6.95. The van der Waals surface area contributed by atoms with Crippen molar-refractivity contribution in [3.05, 3.63) is 42.5 Å². The van der Waals surface area contributed by atoms with Crippen LogP contribution in [0.2, 0.25) is 0 Å². The Morgan fingerprint density at radius 2 is 2.43 bits per heavy atom. The average molecular weight is 286 g/mol. The molecule has 1 aromatic carbocycles. The van der Waals surface area contributed by atoms with Crippen molar-refractivity contribution < 1.29 is 9.53 Å². The van der Waals surface area contributed by atoms with E-state index in [0.717, 1.165) is 30.1 Å². The molecule has 0 aliphatic carbocycles. The SMILES string of the molecule is CC(Cn1ccnc1)NCc1ccc2c(c1)NC(=O)CO2. The zero-order valence-corrected chi connectivity index (χ0v) is 11.9. The van der Waals surface area contributed by atoms with Crippen LogP contribution in [-0.2, 0) is 17.9 Å². The molecule has 0 saturated carbocycles. The van der Waals surface area contributed by atoms with E-state index in [1.807, 2.05) is 35.3 Å². The maximum Gasteiger partial charge on any atom is 0.262 e. The molecule has 1 amide bonds. The first-order chi connectivity index (χ1) is 10.2. The fraction of sp³-hybridized carbons (Fsp3) is 0.333. The van der Waals surface area contributed by atoms with Gasteiger partial charge in [0.1, 0.15) is 5.75 Å². The highest BCUT2D eigenvalue weighted by atomic mass is 16.5. The first kappa shape index (κ1) is 13.6. The molecular weight excluding hydrogens is 268 g/mol. The Hall–Kier alpha value is -2.34. The molecule has 0 saturated heterocycles. The second kappa shape index (κ2) is 5.97.